The number of nitrogens with one attached hydrogen (secondary N) is 1. The van der Waals surface area contributed by atoms with E-state index < -0.39 is 0 Å². The molecule has 0 amide bonds. The SMILES string of the molecule is Cc1ccc(CNc2cnccc2CO)c(C)c1. The molecule has 0 saturated heterocycles. The summed E-state index contributed by atoms with van der Waals surface area (Å²) in [5.41, 5.74) is 5.56. The highest BCUT2D eigenvalue weighted by Gasteiger charge is 2.02. The molecule has 0 spiro atoms. The Balaban J connectivity index is 2.11. The molecule has 2 rings (SSSR count). The van der Waals surface area contributed by atoms with Gasteiger partial charge in [-0.1, -0.05) is 23.8 Å². The number of pyridine rings is 1. The molecular weight excluding hydrogens is 224 g/mol. The second-order valence-corrected chi connectivity index (χ2v) is 4.47. The summed E-state index contributed by atoms with van der Waals surface area (Å²) >= 11 is 0. The predicted molar refractivity (Wildman–Crippen MR) is 73.4 cm³/mol. The van der Waals surface area contributed by atoms with Gasteiger partial charge in [-0.3, -0.25) is 4.98 Å². The van der Waals surface area contributed by atoms with Crippen molar-refractivity contribution in [1.82, 2.24) is 4.98 Å². The Hall–Kier alpha value is -1.87. The predicted octanol–water partition coefficient (Wildman–Crippen LogP) is 2.80. The van der Waals surface area contributed by atoms with Crippen LogP contribution in [0.15, 0.2) is 36.7 Å². The third kappa shape index (κ3) is 2.87. The number of aliphatic hydroxyl groups is 1. The topological polar surface area (TPSA) is 45.2 Å². The monoisotopic (exact) mass is 242 g/mol. The van der Waals surface area contributed by atoms with E-state index in [9.17, 15) is 5.11 Å². The average Bonchev–Trinajstić information content (AvgIpc) is 2.38. The summed E-state index contributed by atoms with van der Waals surface area (Å²) in [7, 11) is 0. The lowest BCUT2D eigenvalue weighted by atomic mass is 10.1. The normalized spacial score (nSPS) is 10.4. The van der Waals surface area contributed by atoms with Crippen LogP contribution in [0.1, 0.15) is 22.3 Å². The van der Waals surface area contributed by atoms with Crippen LogP contribution in [-0.4, -0.2) is 10.1 Å². The van der Waals surface area contributed by atoms with Gasteiger partial charge in [0.25, 0.3) is 0 Å². The quantitative estimate of drug-likeness (QED) is 0.866. The smallest absolute Gasteiger partial charge is 0.0703 e. The molecule has 1 aromatic heterocycles. The van der Waals surface area contributed by atoms with Gasteiger partial charge in [-0.25, -0.2) is 0 Å². The van der Waals surface area contributed by atoms with Gasteiger partial charge in [0.2, 0.25) is 0 Å². The number of hydrogen-bond acceptors (Lipinski definition) is 3. The van der Waals surface area contributed by atoms with Crippen molar-refractivity contribution >= 4 is 5.69 Å². The van der Waals surface area contributed by atoms with Gasteiger partial charge in [0.05, 0.1) is 18.5 Å². The van der Waals surface area contributed by atoms with Crippen LogP contribution >= 0.6 is 0 Å². The second kappa shape index (κ2) is 5.65. The van der Waals surface area contributed by atoms with Crippen molar-refractivity contribution in [3.63, 3.8) is 0 Å². The summed E-state index contributed by atoms with van der Waals surface area (Å²) in [4.78, 5) is 4.07. The lowest BCUT2D eigenvalue weighted by Crippen LogP contribution is -2.04. The second-order valence-electron chi connectivity index (χ2n) is 4.47. The van der Waals surface area contributed by atoms with Gasteiger partial charge in [-0.2, -0.15) is 0 Å². The van der Waals surface area contributed by atoms with E-state index in [1.807, 2.05) is 6.07 Å². The zero-order valence-corrected chi connectivity index (χ0v) is 10.8. The van der Waals surface area contributed by atoms with Crippen molar-refractivity contribution in [2.24, 2.45) is 0 Å². The molecule has 3 nitrogen and oxygen atoms in total. The van der Waals surface area contributed by atoms with Crippen LogP contribution in [0, 0.1) is 13.8 Å². The number of nitrogens with zero attached hydrogens (tertiary/aromatic N) is 1. The van der Waals surface area contributed by atoms with Gasteiger partial charge >= 0.3 is 0 Å². The number of benzene rings is 1. The zero-order valence-electron chi connectivity index (χ0n) is 10.8. The highest BCUT2D eigenvalue weighted by molar-refractivity contribution is 5.49. The van der Waals surface area contributed by atoms with E-state index >= 15 is 0 Å². The van der Waals surface area contributed by atoms with Crippen molar-refractivity contribution in [3.8, 4) is 0 Å². The fourth-order valence-corrected chi connectivity index (χ4v) is 1.95. The lowest BCUT2D eigenvalue weighted by molar-refractivity contribution is 0.282. The molecule has 0 bridgehead atoms. The highest BCUT2D eigenvalue weighted by Crippen LogP contribution is 2.16. The number of aromatic nitrogens is 1. The van der Waals surface area contributed by atoms with E-state index in [1.54, 1.807) is 12.4 Å². The minimum atomic E-state index is 0.0255. The van der Waals surface area contributed by atoms with Crippen molar-refractivity contribution < 1.29 is 5.11 Å². The number of aliphatic hydroxyl groups excluding tert-OH is 1. The minimum Gasteiger partial charge on any atom is -0.392 e. The standard InChI is InChI=1S/C15H18N2O/c1-11-3-4-13(12(2)7-11)8-17-15-9-16-6-5-14(15)10-18/h3-7,9,17-18H,8,10H2,1-2H3. The first-order valence-electron chi connectivity index (χ1n) is 6.04. The molecule has 0 aliphatic carbocycles. The molecule has 18 heavy (non-hydrogen) atoms. The van der Waals surface area contributed by atoms with Crippen molar-refractivity contribution in [2.45, 2.75) is 27.0 Å². The van der Waals surface area contributed by atoms with Gasteiger partial charge in [0.15, 0.2) is 0 Å². The third-order valence-electron chi connectivity index (χ3n) is 3.05. The maximum absolute atomic E-state index is 9.24. The first-order chi connectivity index (χ1) is 8.70. The fourth-order valence-electron chi connectivity index (χ4n) is 1.95. The Morgan fingerprint density at radius 2 is 2.00 bits per heavy atom. The molecule has 94 valence electrons. The summed E-state index contributed by atoms with van der Waals surface area (Å²) in [5, 5.41) is 12.6. The Labute approximate surface area is 108 Å². The van der Waals surface area contributed by atoms with E-state index in [2.05, 4.69) is 42.3 Å². The van der Waals surface area contributed by atoms with E-state index in [0.717, 1.165) is 17.8 Å². The van der Waals surface area contributed by atoms with Crippen LogP contribution < -0.4 is 5.32 Å². The van der Waals surface area contributed by atoms with E-state index in [4.69, 9.17) is 0 Å². The van der Waals surface area contributed by atoms with Crippen LogP contribution in [0.2, 0.25) is 0 Å². The summed E-state index contributed by atoms with van der Waals surface area (Å²) in [5.74, 6) is 0. The van der Waals surface area contributed by atoms with Gasteiger partial charge < -0.3 is 10.4 Å². The molecule has 0 saturated carbocycles. The van der Waals surface area contributed by atoms with Crippen LogP contribution in [0.3, 0.4) is 0 Å². The van der Waals surface area contributed by atoms with E-state index in [1.165, 1.54) is 16.7 Å². The number of anilines is 1. The molecule has 1 aromatic carbocycles. The summed E-state index contributed by atoms with van der Waals surface area (Å²) in [6.45, 7) is 4.97. The number of hydrogen-bond donors (Lipinski definition) is 2. The molecule has 0 fully saturated rings. The summed E-state index contributed by atoms with van der Waals surface area (Å²) < 4.78 is 0. The Morgan fingerprint density at radius 1 is 1.17 bits per heavy atom. The minimum absolute atomic E-state index is 0.0255. The van der Waals surface area contributed by atoms with Crippen molar-refractivity contribution in [3.05, 3.63) is 58.9 Å². The molecule has 0 atom stereocenters. The van der Waals surface area contributed by atoms with Gasteiger partial charge in [-0.15, -0.1) is 0 Å². The van der Waals surface area contributed by atoms with Gasteiger partial charge in [0.1, 0.15) is 0 Å². The first-order valence-corrected chi connectivity index (χ1v) is 6.04. The average molecular weight is 242 g/mol. The first kappa shape index (κ1) is 12.6. The molecule has 0 unspecified atom stereocenters. The fraction of sp³-hybridized carbons (Fsp3) is 0.267. The van der Waals surface area contributed by atoms with Gasteiger partial charge in [-0.05, 0) is 31.0 Å². The van der Waals surface area contributed by atoms with Crippen molar-refractivity contribution in [2.75, 3.05) is 5.32 Å². The number of aryl methyl sites for hydroxylation is 2. The molecule has 0 radical (unpaired) electrons. The van der Waals surface area contributed by atoms with Gasteiger partial charge in [0, 0.05) is 18.3 Å². The Morgan fingerprint density at radius 3 is 2.72 bits per heavy atom. The Kier molecular flexibility index (Phi) is 3.95. The molecule has 1 heterocycles. The molecule has 0 aliphatic rings. The lowest BCUT2D eigenvalue weighted by Gasteiger charge is -2.12. The third-order valence-corrected chi connectivity index (χ3v) is 3.05. The maximum atomic E-state index is 9.24. The molecule has 3 heteroatoms. The highest BCUT2D eigenvalue weighted by atomic mass is 16.3. The van der Waals surface area contributed by atoms with Crippen LogP contribution in [0.25, 0.3) is 0 Å². The molecular formula is C15H18N2O. The number of rotatable bonds is 4. The van der Waals surface area contributed by atoms with Crippen molar-refractivity contribution in [1.29, 1.82) is 0 Å². The van der Waals surface area contributed by atoms with E-state index in [-0.39, 0.29) is 6.61 Å². The van der Waals surface area contributed by atoms with Crippen LogP contribution in [-0.2, 0) is 13.2 Å². The largest absolute Gasteiger partial charge is 0.392 e. The molecule has 2 aromatic rings. The van der Waals surface area contributed by atoms with Crippen LogP contribution in [0.4, 0.5) is 5.69 Å². The van der Waals surface area contributed by atoms with Crippen LogP contribution in [0.5, 0.6) is 0 Å². The zero-order chi connectivity index (χ0) is 13.0. The van der Waals surface area contributed by atoms with E-state index in [0.29, 0.717) is 0 Å². The summed E-state index contributed by atoms with van der Waals surface area (Å²) in [6.07, 6.45) is 3.43. The molecule has 0 aliphatic heterocycles. The maximum Gasteiger partial charge on any atom is 0.0703 e. The Bertz CT molecular complexity index is 538. The molecule has 2 N–H and O–H groups in total. The summed E-state index contributed by atoms with van der Waals surface area (Å²) in [6, 6.07) is 8.24.